The maximum Gasteiger partial charge on any atom is 0.223 e. The molecule has 18 heavy (non-hydrogen) atoms. The minimum atomic E-state index is 0.312. The van der Waals surface area contributed by atoms with E-state index in [-0.39, 0.29) is 0 Å². The Hall–Kier alpha value is -1.16. The van der Waals surface area contributed by atoms with Gasteiger partial charge in [-0.2, -0.15) is 0 Å². The molecule has 1 aliphatic rings. The molecule has 2 rings (SSSR count). The zero-order valence-corrected chi connectivity index (χ0v) is 11.4. The Labute approximate surface area is 109 Å². The van der Waals surface area contributed by atoms with Crippen LogP contribution in [0.15, 0.2) is 6.07 Å². The van der Waals surface area contributed by atoms with Crippen molar-refractivity contribution in [1.82, 2.24) is 9.97 Å². The quantitative estimate of drug-likeness (QED) is 0.859. The molecule has 1 aromatic heterocycles. The van der Waals surface area contributed by atoms with Crippen LogP contribution in [0.25, 0.3) is 0 Å². The Balaban J connectivity index is 2.04. The topological polar surface area (TPSA) is 63.8 Å². The molecule has 0 amide bonds. The molecular weight excluding hydrogens is 224 g/mol. The van der Waals surface area contributed by atoms with Crippen molar-refractivity contribution < 1.29 is 0 Å². The Morgan fingerprint density at radius 3 is 2.39 bits per heavy atom. The summed E-state index contributed by atoms with van der Waals surface area (Å²) in [5.41, 5.74) is 7.92. The number of hydrogen-bond donors (Lipinski definition) is 2. The second-order valence-corrected chi connectivity index (χ2v) is 5.36. The molecule has 100 valence electrons. The van der Waals surface area contributed by atoms with Gasteiger partial charge in [0, 0.05) is 24.0 Å². The number of nitrogens with zero attached hydrogens (tertiary/aromatic N) is 2. The van der Waals surface area contributed by atoms with E-state index in [1.54, 1.807) is 0 Å². The maximum absolute atomic E-state index is 5.91. The van der Waals surface area contributed by atoms with E-state index < -0.39 is 0 Å². The molecule has 1 fully saturated rings. The molecule has 1 unspecified atom stereocenters. The average molecular weight is 248 g/mol. The van der Waals surface area contributed by atoms with Crippen LogP contribution in [0, 0.1) is 19.8 Å². The second-order valence-electron chi connectivity index (χ2n) is 5.36. The monoisotopic (exact) mass is 248 g/mol. The predicted octanol–water partition coefficient (Wildman–Crippen LogP) is 2.41. The van der Waals surface area contributed by atoms with Crippen LogP contribution in [0.4, 0.5) is 5.95 Å². The van der Waals surface area contributed by atoms with Crippen LogP contribution >= 0.6 is 0 Å². The van der Waals surface area contributed by atoms with Crippen molar-refractivity contribution in [3.05, 3.63) is 17.5 Å². The Morgan fingerprint density at radius 2 is 1.83 bits per heavy atom. The van der Waals surface area contributed by atoms with Gasteiger partial charge in [0.15, 0.2) is 0 Å². The van der Waals surface area contributed by atoms with Gasteiger partial charge in [-0.05, 0) is 38.7 Å². The lowest BCUT2D eigenvalue weighted by Gasteiger charge is -2.30. The summed E-state index contributed by atoms with van der Waals surface area (Å²) in [5.74, 6) is 1.40. The molecule has 1 atom stereocenters. The summed E-state index contributed by atoms with van der Waals surface area (Å²) in [6, 6.07) is 2.30. The summed E-state index contributed by atoms with van der Waals surface area (Å²) < 4.78 is 0. The molecule has 1 aromatic rings. The van der Waals surface area contributed by atoms with E-state index in [1.165, 1.54) is 32.1 Å². The largest absolute Gasteiger partial charge is 0.350 e. The highest BCUT2D eigenvalue weighted by Gasteiger charge is 2.23. The van der Waals surface area contributed by atoms with Crippen LogP contribution in [0.3, 0.4) is 0 Å². The van der Waals surface area contributed by atoms with Crippen LogP contribution in [0.1, 0.15) is 43.5 Å². The highest BCUT2D eigenvalue weighted by atomic mass is 15.1. The van der Waals surface area contributed by atoms with Crippen LogP contribution in [0.5, 0.6) is 0 Å². The van der Waals surface area contributed by atoms with Crippen molar-refractivity contribution in [3.63, 3.8) is 0 Å². The molecule has 0 aliphatic heterocycles. The zero-order valence-electron chi connectivity index (χ0n) is 11.4. The van der Waals surface area contributed by atoms with E-state index in [4.69, 9.17) is 5.73 Å². The van der Waals surface area contributed by atoms with E-state index in [0.29, 0.717) is 18.5 Å². The third kappa shape index (κ3) is 3.42. The Kier molecular flexibility index (Phi) is 4.53. The van der Waals surface area contributed by atoms with Crippen molar-refractivity contribution in [2.75, 3.05) is 11.9 Å². The number of aromatic nitrogens is 2. The molecular formula is C14H24N4. The molecule has 3 N–H and O–H groups in total. The fraction of sp³-hybridized carbons (Fsp3) is 0.714. The van der Waals surface area contributed by atoms with Gasteiger partial charge in [-0.25, -0.2) is 9.97 Å². The van der Waals surface area contributed by atoms with E-state index in [0.717, 1.165) is 17.3 Å². The Bertz CT molecular complexity index is 365. The first kappa shape index (κ1) is 13.3. The second kappa shape index (κ2) is 6.14. The van der Waals surface area contributed by atoms with Gasteiger partial charge in [0.05, 0.1) is 0 Å². The number of nitrogens with one attached hydrogen (secondary N) is 1. The van der Waals surface area contributed by atoms with Crippen LogP contribution in [-0.2, 0) is 0 Å². The predicted molar refractivity (Wildman–Crippen MR) is 74.5 cm³/mol. The fourth-order valence-corrected chi connectivity index (χ4v) is 2.86. The van der Waals surface area contributed by atoms with Gasteiger partial charge in [0.2, 0.25) is 5.95 Å². The number of rotatable bonds is 4. The van der Waals surface area contributed by atoms with Crippen molar-refractivity contribution in [2.45, 2.75) is 52.0 Å². The normalized spacial score (nSPS) is 18.6. The SMILES string of the molecule is Cc1cc(C)nc(NC(CN)C2CCCCC2)n1. The lowest BCUT2D eigenvalue weighted by Crippen LogP contribution is -2.38. The highest BCUT2D eigenvalue weighted by Crippen LogP contribution is 2.27. The van der Waals surface area contributed by atoms with Crippen LogP contribution in [0.2, 0.25) is 0 Å². The summed E-state index contributed by atoms with van der Waals surface area (Å²) >= 11 is 0. The molecule has 0 aromatic carbocycles. The lowest BCUT2D eigenvalue weighted by molar-refractivity contribution is 0.320. The van der Waals surface area contributed by atoms with Gasteiger partial charge < -0.3 is 11.1 Å². The molecule has 0 bridgehead atoms. The van der Waals surface area contributed by atoms with Crippen LogP contribution in [-0.4, -0.2) is 22.6 Å². The number of nitrogens with two attached hydrogens (primary N) is 1. The van der Waals surface area contributed by atoms with Crippen molar-refractivity contribution >= 4 is 5.95 Å². The number of hydrogen-bond acceptors (Lipinski definition) is 4. The third-order valence-corrected chi connectivity index (χ3v) is 3.77. The lowest BCUT2D eigenvalue weighted by atomic mass is 9.84. The van der Waals surface area contributed by atoms with Gasteiger partial charge >= 0.3 is 0 Å². The summed E-state index contributed by atoms with van der Waals surface area (Å²) in [7, 11) is 0. The molecule has 0 spiro atoms. The zero-order chi connectivity index (χ0) is 13.0. The number of anilines is 1. The first-order valence-electron chi connectivity index (χ1n) is 6.98. The molecule has 0 radical (unpaired) electrons. The van der Waals surface area contributed by atoms with Gasteiger partial charge in [-0.3, -0.25) is 0 Å². The minimum Gasteiger partial charge on any atom is -0.350 e. The van der Waals surface area contributed by atoms with E-state index in [1.807, 2.05) is 19.9 Å². The smallest absolute Gasteiger partial charge is 0.223 e. The maximum atomic E-state index is 5.91. The van der Waals surface area contributed by atoms with Gasteiger partial charge in [-0.15, -0.1) is 0 Å². The minimum absolute atomic E-state index is 0.312. The summed E-state index contributed by atoms with van der Waals surface area (Å²) in [5, 5.41) is 3.43. The number of aryl methyl sites for hydroxylation is 2. The van der Waals surface area contributed by atoms with Crippen molar-refractivity contribution in [2.24, 2.45) is 11.7 Å². The first-order chi connectivity index (χ1) is 8.69. The molecule has 1 saturated carbocycles. The van der Waals surface area contributed by atoms with Gasteiger partial charge in [-0.1, -0.05) is 19.3 Å². The molecule has 4 nitrogen and oxygen atoms in total. The van der Waals surface area contributed by atoms with E-state index in [2.05, 4.69) is 15.3 Å². The molecule has 1 heterocycles. The van der Waals surface area contributed by atoms with Gasteiger partial charge in [0.25, 0.3) is 0 Å². The summed E-state index contributed by atoms with van der Waals surface area (Å²) in [6.45, 7) is 4.65. The molecule has 1 aliphatic carbocycles. The average Bonchev–Trinajstić information content (AvgIpc) is 2.36. The van der Waals surface area contributed by atoms with Crippen molar-refractivity contribution in [1.29, 1.82) is 0 Å². The fourth-order valence-electron chi connectivity index (χ4n) is 2.86. The third-order valence-electron chi connectivity index (χ3n) is 3.77. The Morgan fingerprint density at radius 1 is 1.22 bits per heavy atom. The van der Waals surface area contributed by atoms with Crippen LogP contribution < -0.4 is 11.1 Å². The van der Waals surface area contributed by atoms with E-state index >= 15 is 0 Å². The summed E-state index contributed by atoms with van der Waals surface area (Å²) in [6.07, 6.45) is 6.58. The van der Waals surface area contributed by atoms with Gasteiger partial charge in [0.1, 0.15) is 0 Å². The highest BCUT2D eigenvalue weighted by molar-refractivity contribution is 5.29. The van der Waals surface area contributed by atoms with E-state index in [9.17, 15) is 0 Å². The standard InChI is InChI=1S/C14H24N4/c1-10-8-11(2)17-14(16-10)18-13(9-15)12-6-4-3-5-7-12/h8,12-13H,3-7,9,15H2,1-2H3,(H,16,17,18). The van der Waals surface area contributed by atoms with Crippen molar-refractivity contribution in [3.8, 4) is 0 Å². The summed E-state index contributed by atoms with van der Waals surface area (Å²) in [4.78, 5) is 8.88. The first-order valence-corrected chi connectivity index (χ1v) is 6.98. The molecule has 0 saturated heterocycles. The molecule has 4 heteroatoms.